The van der Waals surface area contributed by atoms with Crippen LogP contribution in [0.3, 0.4) is 0 Å². The number of fused-ring (bicyclic) bond motifs is 1. The van der Waals surface area contributed by atoms with E-state index in [9.17, 15) is 13.6 Å². The summed E-state index contributed by atoms with van der Waals surface area (Å²) in [4.78, 5) is 20.1. The molecule has 0 radical (unpaired) electrons. The number of nitrogens with one attached hydrogen (secondary N) is 3. The van der Waals surface area contributed by atoms with E-state index in [4.69, 9.17) is 0 Å². The first-order valence-corrected chi connectivity index (χ1v) is 14.5. The van der Waals surface area contributed by atoms with Gasteiger partial charge in [0, 0.05) is 31.7 Å². The molecular formula is C31H42F2N6O. The Labute approximate surface area is 236 Å². The lowest BCUT2D eigenvalue weighted by atomic mass is 9.87. The minimum Gasteiger partial charge on any atom is -0.311 e. The van der Waals surface area contributed by atoms with Crippen molar-refractivity contribution in [3.8, 4) is 5.69 Å². The maximum atomic E-state index is 14.4. The summed E-state index contributed by atoms with van der Waals surface area (Å²) >= 11 is 0. The fraction of sp³-hybridized carbons (Fsp3) is 0.484. The number of benzene rings is 2. The molecule has 0 saturated carbocycles. The molecule has 0 bridgehead atoms. The molecule has 0 aliphatic heterocycles. The second-order valence-corrected chi connectivity index (χ2v) is 10.5. The molecule has 40 heavy (non-hydrogen) atoms. The summed E-state index contributed by atoms with van der Waals surface area (Å²) in [6, 6.07) is 10.0. The van der Waals surface area contributed by atoms with Crippen LogP contribution in [0.1, 0.15) is 56.7 Å². The van der Waals surface area contributed by atoms with Crippen LogP contribution < -0.4 is 16.0 Å². The van der Waals surface area contributed by atoms with Crippen LogP contribution in [0.4, 0.5) is 14.6 Å². The monoisotopic (exact) mass is 552 g/mol. The summed E-state index contributed by atoms with van der Waals surface area (Å²) in [5, 5.41) is 9.93. The highest BCUT2D eigenvalue weighted by Crippen LogP contribution is 2.26. The van der Waals surface area contributed by atoms with Crippen LogP contribution in [0.5, 0.6) is 0 Å². The average molecular weight is 553 g/mol. The fourth-order valence-electron chi connectivity index (χ4n) is 5.44. The molecule has 0 spiro atoms. The van der Waals surface area contributed by atoms with Crippen molar-refractivity contribution in [2.75, 3.05) is 31.5 Å². The zero-order valence-corrected chi connectivity index (χ0v) is 23.9. The number of nitrogens with zero attached hydrogens (tertiary/aromatic N) is 3. The van der Waals surface area contributed by atoms with Crippen LogP contribution in [0.15, 0.2) is 48.9 Å². The minimum absolute atomic E-state index is 0.0616. The maximum Gasteiger partial charge on any atom is 0.242 e. The molecule has 3 aromatic rings. The molecule has 1 amide bonds. The first-order valence-electron chi connectivity index (χ1n) is 14.5. The van der Waals surface area contributed by atoms with Gasteiger partial charge in [0.1, 0.15) is 18.0 Å². The number of hydrogen-bond donors (Lipinski definition) is 3. The van der Waals surface area contributed by atoms with E-state index < -0.39 is 17.7 Å². The predicted molar refractivity (Wildman–Crippen MR) is 156 cm³/mol. The van der Waals surface area contributed by atoms with Crippen LogP contribution in [-0.2, 0) is 24.2 Å². The molecule has 2 atom stereocenters. The molecule has 1 heterocycles. The van der Waals surface area contributed by atoms with E-state index >= 15 is 0 Å². The summed E-state index contributed by atoms with van der Waals surface area (Å²) in [5.74, 6) is -0.737. The number of likely N-dealkylation sites (N-methyl/N-ethyl adjacent to an activating group) is 1. The Kier molecular flexibility index (Phi) is 10.8. The van der Waals surface area contributed by atoms with Crippen LogP contribution in [-0.4, -0.2) is 58.6 Å². The van der Waals surface area contributed by atoms with Crippen molar-refractivity contribution in [2.45, 2.75) is 71.5 Å². The van der Waals surface area contributed by atoms with E-state index in [0.29, 0.717) is 30.6 Å². The second kappa shape index (κ2) is 14.5. The molecule has 2 aromatic carbocycles. The molecular weight excluding hydrogens is 510 g/mol. The van der Waals surface area contributed by atoms with Crippen molar-refractivity contribution >= 4 is 11.7 Å². The number of halogens is 2. The Morgan fingerprint density at radius 1 is 1.18 bits per heavy atom. The lowest BCUT2D eigenvalue weighted by Gasteiger charge is -2.29. The zero-order chi connectivity index (χ0) is 28.5. The van der Waals surface area contributed by atoms with Gasteiger partial charge in [-0.3, -0.25) is 4.79 Å². The number of para-hydroxylation sites is 1. The van der Waals surface area contributed by atoms with E-state index in [-0.39, 0.29) is 11.9 Å². The number of hydrogen-bond acceptors (Lipinski definition) is 5. The Morgan fingerprint density at radius 2 is 1.98 bits per heavy atom. The summed E-state index contributed by atoms with van der Waals surface area (Å²) in [6.07, 6.45) is 6.74. The van der Waals surface area contributed by atoms with Gasteiger partial charge in [-0.1, -0.05) is 45.4 Å². The SMILES string of the molecule is CCC[C@H](N[C@H]1CCc2cc(F)cc(F)c2C1)C(=O)Nc1cn(-c2ccccc2CNCCN(CC)CC)cn1. The van der Waals surface area contributed by atoms with Crippen molar-refractivity contribution < 1.29 is 13.6 Å². The Hall–Kier alpha value is -3.14. The summed E-state index contributed by atoms with van der Waals surface area (Å²) in [5.41, 5.74) is 3.42. The molecule has 0 fully saturated rings. The van der Waals surface area contributed by atoms with E-state index in [1.54, 1.807) is 6.33 Å². The third-order valence-electron chi connectivity index (χ3n) is 7.71. The van der Waals surface area contributed by atoms with Gasteiger partial charge in [-0.2, -0.15) is 0 Å². The molecule has 216 valence electrons. The molecule has 4 rings (SSSR count). The highest BCUT2D eigenvalue weighted by atomic mass is 19.1. The number of rotatable bonds is 14. The highest BCUT2D eigenvalue weighted by Gasteiger charge is 2.27. The van der Waals surface area contributed by atoms with Gasteiger partial charge in [0.25, 0.3) is 0 Å². The standard InChI is InChI=1S/C31H42F2N6O/c1-4-9-28(36-25-13-12-22-16-24(32)17-27(33)26(22)18-25)31(40)37-30-20-39(21-35-30)29-11-8-7-10-23(29)19-34-14-15-38(5-2)6-3/h7-8,10-11,16-17,20-21,25,28,34,36H,4-6,9,12-15,18-19H2,1-3H3,(H,37,40)/t25-,28-/m0/s1. The smallest absolute Gasteiger partial charge is 0.242 e. The number of aromatic nitrogens is 2. The van der Waals surface area contributed by atoms with Crippen molar-refractivity contribution in [3.05, 3.63) is 77.2 Å². The van der Waals surface area contributed by atoms with Gasteiger partial charge in [0.15, 0.2) is 5.82 Å². The van der Waals surface area contributed by atoms with Gasteiger partial charge in [-0.15, -0.1) is 0 Å². The van der Waals surface area contributed by atoms with Gasteiger partial charge >= 0.3 is 0 Å². The Balaban J connectivity index is 1.37. The first kappa shape index (κ1) is 29.8. The molecule has 1 aromatic heterocycles. The number of amides is 1. The van der Waals surface area contributed by atoms with E-state index in [1.807, 2.05) is 35.9 Å². The van der Waals surface area contributed by atoms with Crippen LogP contribution in [0, 0.1) is 11.6 Å². The van der Waals surface area contributed by atoms with E-state index in [1.165, 1.54) is 6.07 Å². The molecule has 3 N–H and O–H groups in total. The van der Waals surface area contributed by atoms with Crippen molar-refractivity contribution in [3.63, 3.8) is 0 Å². The van der Waals surface area contributed by atoms with Crippen molar-refractivity contribution in [1.29, 1.82) is 0 Å². The van der Waals surface area contributed by atoms with Gasteiger partial charge in [-0.05, 0) is 67.6 Å². The first-order chi connectivity index (χ1) is 19.4. The third kappa shape index (κ3) is 7.74. The number of aryl methyl sites for hydroxylation is 1. The maximum absolute atomic E-state index is 14.4. The molecule has 1 aliphatic rings. The van der Waals surface area contributed by atoms with Gasteiger partial charge in [0.05, 0.1) is 17.9 Å². The Morgan fingerprint density at radius 3 is 2.75 bits per heavy atom. The largest absolute Gasteiger partial charge is 0.311 e. The quantitative estimate of drug-likeness (QED) is 0.250. The fourth-order valence-corrected chi connectivity index (χ4v) is 5.44. The zero-order valence-electron chi connectivity index (χ0n) is 23.9. The number of anilines is 1. The number of carbonyl (C=O) groups excluding carboxylic acids is 1. The van der Waals surface area contributed by atoms with Crippen molar-refractivity contribution in [1.82, 2.24) is 25.1 Å². The normalized spacial score (nSPS) is 15.7. The van der Waals surface area contributed by atoms with Gasteiger partial charge in [-0.25, -0.2) is 13.8 Å². The summed E-state index contributed by atoms with van der Waals surface area (Å²) in [6.45, 7) is 11.1. The van der Waals surface area contributed by atoms with E-state index in [0.717, 1.165) is 68.4 Å². The topological polar surface area (TPSA) is 74.2 Å². The molecule has 7 nitrogen and oxygen atoms in total. The van der Waals surface area contributed by atoms with Gasteiger partial charge < -0.3 is 25.4 Å². The van der Waals surface area contributed by atoms with Crippen LogP contribution in [0.25, 0.3) is 5.69 Å². The predicted octanol–water partition coefficient (Wildman–Crippen LogP) is 4.84. The minimum atomic E-state index is -0.542. The van der Waals surface area contributed by atoms with Crippen LogP contribution in [0.2, 0.25) is 0 Å². The molecule has 0 saturated heterocycles. The molecule has 1 aliphatic carbocycles. The second-order valence-electron chi connectivity index (χ2n) is 10.5. The molecule has 9 heteroatoms. The lowest BCUT2D eigenvalue weighted by molar-refractivity contribution is -0.118. The van der Waals surface area contributed by atoms with Gasteiger partial charge in [0.2, 0.25) is 5.91 Å². The Bertz CT molecular complexity index is 1260. The van der Waals surface area contributed by atoms with Crippen molar-refractivity contribution in [2.24, 2.45) is 0 Å². The number of carbonyl (C=O) groups is 1. The summed E-state index contributed by atoms with van der Waals surface area (Å²) in [7, 11) is 0. The molecule has 0 unspecified atom stereocenters. The lowest BCUT2D eigenvalue weighted by Crippen LogP contribution is -2.48. The van der Waals surface area contributed by atoms with Crippen LogP contribution >= 0.6 is 0 Å². The van der Waals surface area contributed by atoms with E-state index in [2.05, 4.69) is 45.7 Å². The highest BCUT2D eigenvalue weighted by molar-refractivity contribution is 5.94. The summed E-state index contributed by atoms with van der Waals surface area (Å²) < 4.78 is 29.9. The average Bonchev–Trinajstić information content (AvgIpc) is 3.41. The third-order valence-corrected chi connectivity index (χ3v) is 7.71. The number of imidazole rings is 1.